The Bertz CT molecular complexity index is 452. The van der Waals surface area contributed by atoms with Gasteiger partial charge in [-0.2, -0.15) is 0 Å². The molecule has 0 amide bonds. The second kappa shape index (κ2) is 5.08. The Labute approximate surface area is 100 Å². The van der Waals surface area contributed by atoms with Crippen LogP contribution in [0.1, 0.15) is 33.6 Å². The highest BCUT2D eigenvalue weighted by molar-refractivity contribution is 6.24. The zero-order valence-corrected chi connectivity index (χ0v) is 10.5. The van der Waals surface area contributed by atoms with Gasteiger partial charge in [-0.25, -0.2) is 0 Å². The van der Waals surface area contributed by atoms with Gasteiger partial charge in [-0.3, -0.25) is 14.4 Å². The molecule has 4 heteroatoms. The number of methoxy groups -OCH3 is 1. The predicted molar refractivity (Wildman–Crippen MR) is 62.3 cm³/mol. The summed E-state index contributed by atoms with van der Waals surface area (Å²) in [5.74, 6) is -0.625. The van der Waals surface area contributed by atoms with Crippen molar-refractivity contribution in [1.29, 1.82) is 0 Å². The minimum absolute atomic E-state index is 0.109. The van der Waals surface area contributed by atoms with Crippen LogP contribution < -0.4 is 0 Å². The van der Waals surface area contributed by atoms with Crippen LogP contribution in [0.5, 0.6) is 0 Å². The van der Waals surface area contributed by atoms with Gasteiger partial charge in [0, 0.05) is 28.7 Å². The molecule has 1 aliphatic rings. The van der Waals surface area contributed by atoms with E-state index in [0.717, 1.165) is 0 Å². The minimum Gasteiger partial charge on any atom is -0.469 e. The van der Waals surface area contributed by atoms with Crippen molar-refractivity contribution >= 4 is 17.5 Å². The van der Waals surface area contributed by atoms with Gasteiger partial charge in [0.15, 0.2) is 11.6 Å². The van der Waals surface area contributed by atoms with Gasteiger partial charge in [-0.1, -0.05) is 0 Å². The number of hydrogen-bond acceptors (Lipinski definition) is 4. The lowest BCUT2D eigenvalue weighted by Gasteiger charge is -2.18. The molecule has 0 spiro atoms. The van der Waals surface area contributed by atoms with E-state index in [1.807, 2.05) is 0 Å². The molecule has 1 rings (SSSR count). The van der Waals surface area contributed by atoms with E-state index in [2.05, 4.69) is 4.74 Å². The standard InChI is InChI=1S/C13H16O4/c1-7-8(2)13(16)10(9(3)12(7)15)5-6-11(14)17-4/h5-6H2,1-4H3. The van der Waals surface area contributed by atoms with E-state index in [0.29, 0.717) is 22.3 Å². The summed E-state index contributed by atoms with van der Waals surface area (Å²) in [6.45, 7) is 4.92. The first-order valence-electron chi connectivity index (χ1n) is 5.43. The molecular formula is C13H16O4. The fraction of sp³-hybridized carbons (Fsp3) is 0.462. The van der Waals surface area contributed by atoms with Gasteiger partial charge in [0.05, 0.1) is 7.11 Å². The molecule has 0 radical (unpaired) electrons. The average Bonchev–Trinajstić information content (AvgIpc) is 2.33. The summed E-state index contributed by atoms with van der Waals surface area (Å²) in [5, 5.41) is 0. The van der Waals surface area contributed by atoms with E-state index in [1.165, 1.54) is 7.11 Å². The molecule has 0 saturated heterocycles. The van der Waals surface area contributed by atoms with Crippen LogP contribution in [0, 0.1) is 0 Å². The third-order valence-corrected chi connectivity index (χ3v) is 3.12. The summed E-state index contributed by atoms with van der Waals surface area (Å²) in [5.41, 5.74) is 1.85. The average molecular weight is 236 g/mol. The first-order valence-corrected chi connectivity index (χ1v) is 5.43. The lowest BCUT2D eigenvalue weighted by molar-refractivity contribution is -0.140. The molecule has 0 aromatic carbocycles. The fourth-order valence-corrected chi connectivity index (χ4v) is 1.79. The number of ether oxygens (including phenoxy) is 1. The molecule has 4 nitrogen and oxygen atoms in total. The Balaban J connectivity index is 2.95. The molecule has 1 aliphatic carbocycles. The molecule has 0 heterocycles. The highest BCUT2D eigenvalue weighted by Crippen LogP contribution is 2.26. The Hall–Kier alpha value is -1.71. The Morgan fingerprint density at radius 3 is 2.06 bits per heavy atom. The van der Waals surface area contributed by atoms with Crippen molar-refractivity contribution in [2.24, 2.45) is 0 Å². The van der Waals surface area contributed by atoms with Crippen molar-refractivity contribution in [2.45, 2.75) is 33.6 Å². The number of Topliss-reactive ketones (excluding diaryl/α,β-unsaturated/α-hetero) is 2. The number of ketones is 2. The largest absolute Gasteiger partial charge is 0.469 e. The molecule has 17 heavy (non-hydrogen) atoms. The van der Waals surface area contributed by atoms with Crippen LogP contribution in [0.2, 0.25) is 0 Å². The second-order valence-electron chi connectivity index (χ2n) is 4.09. The topological polar surface area (TPSA) is 60.4 Å². The van der Waals surface area contributed by atoms with E-state index < -0.39 is 0 Å². The van der Waals surface area contributed by atoms with Crippen LogP contribution in [0.4, 0.5) is 0 Å². The molecule has 0 unspecified atom stereocenters. The second-order valence-corrected chi connectivity index (χ2v) is 4.09. The SMILES string of the molecule is COC(=O)CCC1=C(C)C(=O)C(C)=C(C)C1=O. The third-order valence-electron chi connectivity index (χ3n) is 3.12. The molecule has 0 atom stereocenters. The van der Waals surface area contributed by atoms with Crippen LogP contribution >= 0.6 is 0 Å². The highest BCUT2D eigenvalue weighted by Gasteiger charge is 2.27. The fourth-order valence-electron chi connectivity index (χ4n) is 1.79. The first kappa shape index (κ1) is 13.4. The number of esters is 1. The molecule has 0 N–H and O–H groups in total. The molecule has 0 aliphatic heterocycles. The van der Waals surface area contributed by atoms with Crippen molar-refractivity contribution in [3.63, 3.8) is 0 Å². The van der Waals surface area contributed by atoms with Gasteiger partial charge >= 0.3 is 5.97 Å². The lowest BCUT2D eigenvalue weighted by Crippen LogP contribution is -2.21. The molecule has 0 aromatic heterocycles. The van der Waals surface area contributed by atoms with Crippen molar-refractivity contribution in [1.82, 2.24) is 0 Å². The summed E-state index contributed by atoms with van der Waals surface area (Å²) >= 11 is 0. The van der Waals surface area contributed by atoms with Crippen molar-refractivity contribution in [3.8, 4) is 0 Å². The van der Waals surface area contributed by atoms with Gasteiger partial charge in [0.2, 0.25) is 0 Å². The number of carbonyl (C=O) groups excluding carboxylic acids is 3. The number of allylic oxidation sites excluding steroid dienone is 4. The summed E-state index contributed by atoms with van der Waals surface area (Å²) in [6, 6.07) is 0. The lowest BCUT2D eigenvalue weighted by atomic mass is 9.84. The zero-order chi connectivity index (χ0) is 13.2. The van der Waals surface area contributed by atoms with Gasteiger partial charge in [-0.05, 0) is 27.2 Å². The monoisotopic (exact) mass is 236 g/mol. The van der Waals surface area contributed by atoms with Crippen molar-refractivity contribution in [2.75, 3.05) is 7.11 Å². The normalized spacial score (nSPS) is 16.7. The summed E-state index contributed by atoms with van der Waals surface area (Å²) in [6.07, 6.45) is 0.377. The quantitative estimate of drug-likeness (QED) is 0.553. The van der Waals surface area contributed by atoms with Crippen molar-refractivity contribution in [3.05, 3.63) is 22.3 Å². The van der Waals surface area contributed by atoms with Crippen LogP contribution in [-0.2, 0) is 19.1 Å². The van der Waals surface area contributed by atoms with Crippen LogP contribution in [0.3, 0.4) is 0 Å². The maximum absolute atomic E-state index is 12.0. The van der Waals surface area contributed by atoms with Crippen LogP contribution in [0.25, 0.3) is 0 Å². The Morgan fingerprint density at radius 2 is 1.53 bits per heavy atom. The van der Waals surface area contributed by atoms with Gasteiger partial charge < -0.3 is 4.74 Å². The van der Waals surface area contributed by atoms with E-state index in [-0.39, 0.29) is 30.4 Å². The van der Waals surface area contributed by atoms with Crippen LogP contribution in [0.15, 0.2) is 22.3 Å². The number of hydrogen-bond donors (Lipinski definition) is 0. The van der Waals surface area contributed by atoms with Gasteiger partial charge in [-0.15, -0.1) is 0 Å². The first-order chi connectivity index (χ1) is 7.90. The Kier molecular flexibility index (Phi) is 3.99. The number of carbonyl (C=O) groups is 3. The molecule has 0 fully saturated rings. The third kappa shape index (κ3) is 2.52. The predicted octanol–water partition coefficient (Wildman–Crippen LogP) is 1.74. The van der Waals surface area contributed by atoms with Gasteiger partial charge in [0.25, 0.3) is 0 Å². The van der Waals surface area contributed by atoms with Gasteiger partial charge in [0.1, 0.15) is 0 Å². The molecule has 0 saturated carbocycles. The zero-order valence-electron chi connectivity index (χ0n) is 10.5. The smallest absolute Gasteiger partial charge is 0.305 e. The molecule has 0 aromatic rings. The summed E-state index contributed by atoms with van der Waals surface area (Å²) in [4.78, 5) is 34.8. The highest BCUT2D eigenvalue weighted by atomic mass is 16.5. The summed E-state index contributed by atoms with van der Waals surface area (Å²) < 4.78 is 4.52. The van der Waals surface area contributed by atoms with E-state index in [9.17, 15) is 14.4 Å². The van der Waals surface area contributed by atoms with E-state index >= 15 is 0 Å². The van der Waals surface area contributed by atoms with Crippen molar-refractivity contribution < 1.29 is 19.1 Å². The van der Waals surface area contributed by atoms with Crippen LogP contribution in [-0.4, -0.2) is 24.6 Å². The molecular weight excluding hydrogens is 220 g/mol. The minimum atomic E-state index is -0.380. The Morgan fingerprint density at radius 1 is 1.00 bits per heavy atom. The maximum atomic E-state index is 12.0. The maximum Gasteiger partial charge on any atom is 0.305 e. The van der Waals surface area contributed by atoms with E-state index in [1.54, 1.807) is 20.8 Å². The van der Waals surface area contributed by atoms with E-state index in [4.69, 9.17) is 0 Å². The molecule has 92 valence electrons. The number of rotatable bonds is 3. The molecule has 0 bridgehead atoms. The summed E-state index contributed by atoms with van der Waals surface area (Å²) in [7, 11) is 1.30.